The van der Waals surface area contributed by atoms with Gasteiger partial charge in [0.25, 0.3) is 0 Å². The van der Waals surface area contributed by atoms with Crippen LogP contribution in [-0.2, 0) is 10.0 Å². The monoisotopic (exact) mass is 311 g/mol. The summed E-state index contributed by atoms with van der Waals surface area (Å²) >= 11 is 0. The maximum Gasteiger partial charge on any atom is 0.238 e. The summed E-state index contributed by atoms with van der Waals surface area (Å²) < 4.78 is 22.7. The number of benzene rings is 1. The Hall–Kier alpha value is -1.27. The van der Waals surface area contributed by atoms with Gasteiger partial charge in [-0.25, -0.2) is 13.6 Å². The van der Waals surface area contributed by atoms with Gasteiger partial charge in [-0.3, -0.25) is 0 Å². The van der Waals surface area contributed by atoms with Crippen LogP contribution in [0.2, 0.25) is 0 Å². The zero-order valence-electron chi connectivity index (χ0n) is 12.8. The van der Waals surface area contributed by atoms with Gasteiger partial charge in [0.15, 0.2) is 0 Å². The van der Waals surface area contributed by atoms with Crippen LogP contribution in [0, 0.1) is 5.41 Å². The first-order valence-electron chi connectivity index (χ1n) is 7.48. The van der Waals surface area contributed by atoms with E-state index < -0.39 is 10.0 Å². The smallest absolute Gasteiger partial charge is 0.238 e. The fourth-order valence-electron chi connectivity index (χ4n) is 3.18. The lowest BCUT2D eigenvalue weighted by Gasteiger charge is -2.42. The highest BCUT2D eigenvalue weighted by Gasteiger charge is 2.31. The third kappa shape index (κ3) is 3.32. The molecule has 2 rings (SSSR count). The van der Waals surface area contributed by atoms with Crippen molar-refractivity contribution in [1.29, 1.82) is 0 Å². The average Bonchev–Trinajstić information content (AvgIpc) is 2.46. The van der Waals surface area contributed by atoms with E-state index in [9.17, 15) is 8.42 Å². The van der Waals surface area contributed by atoms with E-state index in [0.29, 0.717) is 11.1 Å². The molecule has 1 aromatic carbocycles. The summed E-state index contributed by atoms with van der Waals surface area (Å²) in [5, 5.41) is 5.13. The van der Waals surface area contributed by atoms with E-state index in [4.69, 9.17) is 10.9 Å². The molecule has 0 bridgehead atoms. The lowest BCUT2D eigenvalue weighted by Crippen LogP contribution is -2.40. The Kier molecular flexibility index (Phi) is 4.49. The molecule has 1 heterocycles. The topological polar surface area (TPSA) is 89.4 Å². The Bertz CT molecular complexity index is 599. The first-order chi connectivity index (χ1) is 9.81. The molecule has 1 fully saturated rings. The van der Waals surface area contributed by atoms with Crippen LogP contribution in [0.25, 0.3) is 0 Å². The highest BCUT2D eigenvalue weighted by atomic mass is 32.2. The number of primary sulfonamides is 1. The number of hydrogen-bond donors (Lipinski definition) is 2. The average molecular weight is 311 g/mol. The van der Waals surface area contributed by atoms with E-state index in [1.165, 1.54) is 25.0 Å². The summed E-state index contributed by atoms with van der Waals surface area (Å²) in [4.78, 5) is 2.31. The first kappa shape index (κ1) is 16.1. The molecule has 1 aliphatic heterocycles. The normalized spacial score (nSPS) is 18.7. The van der Waals surface area contributed by atoms with E-state index in [1.807, 2.05) is 0 Å². The Morgan fingerprint density at radius 2 is 1.76 bits per heavy atom. The van der Waals surface area contributed by atoms with Crippen LogP contribution in [0.4, 0.5) is 11.4 Å². The van der Waals surface area contributed by atoms with Crippen molar-refractivity contribution in [3.8, 4) is 0 Å². The maximum absolute atomic E-state index is 11.3. The van der Waals surface area contributed by atoms with Crippen LogP contribution in [0.1, 0.15) is 39.5 Å². The number of nitrogens with zero attached hydrogens (tertiary/aromatic N) is 1. The van der Waals surface area contributed by atoms with Crippen molar-refractivity contribution in [2.45, 2.75) is 44.4 Å². The van der Waals surface area contributed by atoms with Gasteiger partial charge < -0.3 is 10.6 Å². The molecule has 0 aliphatic carbocycles. The second kappa shape index (κ2) is 5.85. The molecule has 0 spiro atoms. The molecule has 0 unspecified atom stereocenters. The van der Waals surface area contributed by atoms with Crippen LogP contribution < -0.4 is 15.8 Å². The molecule has 6 heteroatoms. The van der Waals surface area contributed by atoms with Crippen molar-refractivity contribution < 1.29 is 8.42 Å². The van der Waals surface area contributed by atoms with Crippen LogP contribution in [-0.4, -0.2) is 21.5 Å². The van der Waals surface area contributed by atoms with Crippen molar-refractivity contribution in [3.63, 3.8) is 0 Å². The van der Waals surface area contributed by atoms with E-state index in [0.717, 1.165) is 31.6 Å². The summed E-state index contributed by atoms with van der Waals surface area (Å²) in [6.45, 7) is 6.43. The Labute approximate surface area is 127 Å². The summed E-state index contributed by atoms with van der Waals surface area (Å²) in [6.07, 6.45) is 4.71. The van der Waals surface area contributed by atoms with Crippen LogP contribution in [0.3, 0.4) is 0 Å². The number of anilines is 2. The molecule has 1 saturated heterocycles. The molecule has 0 atom stereocenters. The minimum absolute atomic E-state index is 0.0669. The predicted molar refractivity (Wildman–Crippen MR) is 86.7 cm³/mol. The molecular formula is C15H25N3O2S. The number of piperidine rings is 1. The molecule has 4 N–H and O–H groups in total. The van der Waals surface area contributed by atoms with Crippen molar-refractivity contribution in [2.75, 3.05) is 23.7 Å². The standard InChI is InChI=1S/C15H25N3O2S/c1-3-15(4-2)7-9-18(10-8-15)14-6-5-12(11-13(14)16)21(17,19)20/h5-6,11H,3-4,7-10,16H2,1-2H3,(H2,17,19,20). The second-order valence-electron chi connectivity index (χ2n) is 5.96. The summed E-state index contributed by atoms with van der Waals surface area (Å²) in [5.74, 6) is 0. The molecule has 1 aliphatic rings. The Morgan fingerprint density at radius 1 is 1.19 bits per heavy atom. The molecule has 0 saturated carbocycles. The third-order valence-electron chi connectivity index (χ3n) is 4.99. The largest absolute Gasteiger partial charge is 0.397 e. The molecular weight excluding hydrogens is 286 g/mol. The fourth-order valence-corrected chi connectivity index (χ4v) is 3.73. The van der Waals surface area contributed by atoms with E-state index >= 15 is 0 Å². The lowest BCUT2D eigenvalue weighted by atomic mass is 9.74. The molecule has 0 amide bonds. The minimum Gasteiger partial charge on any atom is -0.397 e. The Morgan fingerprint density at radius 3 is 2.19 bits per heavy atom. The van der Waals surface area contributed by atoms with Crippen LogP contribution >= 0.6 is 0 Å². The van der Waals surface area contributed by atoms with Crippen molar-refractivity contribution in [1.82, 2.24) is 0 Å². The molecule has 5 nitrogen and oxygen atoms in total. The number of nitrogen functional groups attached to an aromatic ring is 1. The van der Waals surface area contributed by atoms with E-state index in [2.05, 4.69) is 18.7 Å². The van der Waals surface area contributed by atoms with Crippen LogP contribution in [0.5, 0.6) is 0 Å². The molecule has 0 aromatic heterocycles. The highest BCUT2D eigenvalue weighted by Crippen LogP contribution is 2.40. The van der Waals surface area contributed by atoms with Gasteiger partial charge in [0.1, 0.15) is 0 Å². The van der Waals surface area contributed by atoms with E-state index in [-0.39, 0.29) is 4.90 Å². The van der Waals surface area contributed by atoms with Crippen molar-refractivity contribution in [3.05, 3.63) is 18.2 Å². The van der Waals surface area contributed by atoms with E-state index in [1.54, 1.807) is 6.07 Å². The van der Waals surface area contributed by atoms with Crippen LogP contribution in [0.15, 0.2) is 23.1 Å². The maximum atomic E-state index is 11.3. The zero-order valence-corrected chi connectivity index (χ0v) is 13.6. The third-order valence-corrected chi connectivity index (χ3v) is 5.90. The zero-order chi connectivity index (χ0) is 15.7. The molecule has 1 aromatic rings. The molecule has 118 valence electrons. The number of rotatable bonds is 4. The first-order valence-corrected chi connectivity index (χ1v) is 9.03. The van der Waals surface area contributed by atoms with Gasteiger partial charge in [0.05, 0.1) is 16.3 Å². The minimum atomic E-state index is -3.70. The SMILES string of the molecule is CCC1(CC)CCN(c2ccc(S(N)(=O)=O)cc2N)CC1. The van der Waals surface area contributed by atoms with Crippen molar-refractivity contribution in [2.24, 2.45) is 10.6 Å². The summed E-state index contributed by atoms with van der Waals surface area (Å²) in [6, 6.07) is 4.74. The van der Waals surface area contributed by atoms with Gasteiger partial charge in [0, 0.05) is 13.1 Å². The number of nitrogens with two attached hydrogens (primary N) is 2. The second-order valence-corrected chi connectivity index (χ2v) is 7.52. The van der Waals surface area contributed by atoms with Gasteiger partial charge in [0.2, 0.25) is 10.0 Å². The summed E-state index contributed by atoms with van der Waals surface area (Å²) in [5.41, 5.74) is 7.85. The number of sulfonamides is 1. The van der Waals surface area contributed by atoms with Gasteiger partial charge in [-0.15, -0.1) is 0 Å². The molecule has 21 heavy (non-hydrogen) atoms. The lowest BCUT2D eigenvalue weighted by molar-refractivity contribution is 0.199. The van der Waals surface area contributed by atoms with Gasteiger partial charge in [-0.1, -0.05) is 26.7 Å². The molecule has 0 radical (unpaired) electrons. The quantitative estimate of drug-likeness (QED) is 0.835. The van der Waals surface area contributed by atoms with Crippen molar-refractivity contribution >= 4 is 21.4 Å². The summed E-state index contributed by atoms with van der Waals surface area (Å²) in [7, 11) is -3.70. The Balaban J connectivity index is 2.18. The van der Waals surface area contributed by atoms with Gasteiger partial charge >= 0.3 is 0 Å². The number of hydrogen-bond acceptors (Lipinski definition) is 4. The highest BCUT2D eigenvalue weighted by molar-refractivity contribution is 7.89. The van der Waals surface area contributed by atoms with Gasteiger partial charge in [-0.05, 0) is 36.5 Å². The predicted octanol–water partition coefficient (Wildman–Crippen LogP) is 2.32. The van der Waals surface area contributed by atoms with Gasteiger partial charge in [-0.2, -0.15) is 0 Å². The fraction of sp³-hybridized carbons (Fsp3) is 0.600.